The van der Waals surface area contributed by atoms with Crippen LogP contribution in [0.3, 0.4) is 0 Å². The number of likely N-dealkylation sites (tertiary alicyclic amines) is 1. The van der Waals surface area contributed by atoms with E-state index >= 15 is 0 Å². The summed E-state index contributed by atoms with van der Waals surface area (Å²) in [5, 5.41) is 11.6. The zero-order valence-electron chi connectivity index (χ0n) is 23.0. The van der Waals surface area contributed by atoms with Crippen molar-refractivity contribution in [3.63, 3.8) is 0 Å². The maximum Gasteiger partial charge on any atom is 0.295 e. The van der Waals surface area contributed by atoms with E-state index in [1.807, 2.05) is 18.2 Å². The van der Waals surface area contributed by atoms with E-state index in [1.54, 1.807) is 41.3 Å². The number of carbonyl (C=O) groups is 2. The fourth-order valence-electron chi connectivity index (χ4n) is 5.33. The Balaban J connectivity index is 1.50. The highest BCUT2D eigenvalue weighted by Crippen LogP contribution is 2.39. The summed E-state index contributed by atoms with van der Waals surface area (Å²) >= 11 is 6.10. The largest absolute Gasteiger partial charge is 0.507 e. The Hall–Kier alpha value is -2.59. The van der Waals surface area contributed by atoms with Crippen LogP contribution in [-0.2, 0) is 9.59 Å². The molecule has 0 spiro atoms. The summed E-state index contributed by atoms with van der Waals surface area (Å²) in [6, 6.07) is 15.5. The number of hydrogen-bond donors (Lipinski definition) is 1. The first-order valence-corrected chi connectivity index (χ1v) is 15.0. The Morgan fingerprint density at radius 2 is 1.24 bits per heavy atom. The van der Waals surface area contributed by atoms with Crippen LogP contribution >= 0.6 is 11.6 Å². The van der Waals surface area contributed by atoms with Crippen molar-refractivity contribution in [2.75, 3.05) is 6.54 Å². The molecule has 4 nitrogen and oxygen atoms in total. The molecule has 0 bridgehead atoms. The van der Waals surface area contributed by atoms with Crippen LogP contribution in [0.5, 0.6) is 0 Å². The summed E-state index contributed by atoms with van der Waals surface area (Å²) in [7, 11) is 0. The first-order valence-electron chi connectivity index (χ1n) is 14.6. The number of hydrogen-bond acceptors (Lipinski definition) is 3. The Kier molecular flexibility index (Phi) is 12.9. The second-order valence-electron chi connectivity index (χ2n) is 10.5. The van der Waals surface area contributed by atoms with Crippen molar-refractivity contribution in [2.24, 2.45) is 0 Å². The average Bonchev–Trinajstić information content (AvgIpc) is 3.18. The smallest absolute Gasteiger partial charge is 0.295 e. The summed E-state index contributed by atoms with van der Waals surface area (Å²) in [6.45, 7) is 2.75. The van der Waals surface area contributed by atoms with Crippen LogP contribution in [0.2, 0.25) is 5.02 Å². The van der Waals surface area contributed by atoms with E-state index in [9.17, 15) is 14.7 Å². The van der Waals surface area contributed by atoms with E-state index in [0.717, 1.165) is 24.8 Å². The Morgan fingerprint density at radius 1 is 0.737 bits per heavy atom. The SMILES string of the molecule is CCCCCCCCCCCCCCCCN1C(=O)C(=O)/C(=C(\O)c2ccccc2)C1c1ccc(Cl)cc1. The molecule has 0 aromatic heterocycles. The van der Waals surface area contributed by atoms with E-state index in [1.165, 1.54) is 70.6 Å². The summed E-state index contributed by atoms with van der Waals surface area (Å²) in [6.07, 6.45) is 17.7. The normalized spacial score (nSPS) is 16.9. The first-order chi connectivity index (χ1) is 18.5. The molecule has 3 rings (SSSR count). The predicted molar refractivity (Wildman–Crippen MR) is 157 cm³/mol. The molecule has 2 aromatic carbocycles. The molecule has 1 amide bonds. The van der Waals surface area contributed by atoms with Gasteiger partial charge in [-0.15, -0.1) is 0 Å². The molecule has 1 N–H and O–H groups in total. The van der Waals surface area contributed by atoms with E-state index in [0.29, 0.717) is 17.1 Å². The molecule has 0 saturated carbocycles. The zero-order valence-corrected chi connectivity index (χ0v) is 23.7. The number of amides is 1. The number of aliphatic hydroxyl groups is 1. The minimum atomic E-state index is -0.628. The highest BCUT2D eigenvalue weighted by Gasteiger charge is 2.45. The first kappa shape index (κ1) is 30.0. The van der Waals surface area contributed by atoms with E-state index in [2.05, 4.69) is 6.92 Å². The Bertz CT molecular complexity index is 1030. The van der Waals surface area contributed by atoms with Gasteiger partial charge in [0.25, 0.3) is 11.7 Å². The van der Waals surface area contributed by atoms with Crippen molar-refractivity contribution in [3.8, 4) is 0 Å². The highest BCUT2D eigenvalue weighted by atomic mass is 35.5. The molecular formula is C33H44ClNO3. The van der Waals surface area contributed by atoms with Crippen LogP contribution in [0.15, 0.2) is 60.2 Å². The van der Waals surface area contributed by atoms with Gasteiger partial charge in [-0.2, -0.15) is 0 Å². The topological polar surface area (TPSA) is 57.6 Å². The monoisotopic (exact) mass is 537 g/mol. The molecule has 206 valence electrons. The third kappa shape index (κ3) is 8.73. The second-order valence-corrected chi connectivity index (χ2v) is 10.9. The molecule has 0 radical (unpaired) electrons. The molecule has 2 aromatic rings. The number of aliphatic hydroxyl groups excluding tert-OH is 1. The lowest BCUT2D eigenvalue weighted by Gasteiger charge is -2.25. The van der Waals surface area contributed by atoms with Gasteiger partial charge in [0.15, 0.2) is 0 Å². The van der Waals surface area contributed by atoms with Gasteiger partial charge in [0, 0.05) is 17.1 Å². The minimum Gasteiger partial charge on any atom is -0.507 e. The second kappa shape index (κ2) is 16.4. The molecule has 1 atom stereocenters. The maximum absolute atomic E-state index is 13.1. The number of Topliss-reactive ketones (excluding diaryl/α,β-unsaturated/α-hetero) is 1. The van der Waals surface area contributed by atoms with Crippen molar-refractivity contribution in [1.29, 1.82) is 0 Å². The van der Waals surface area contributed by atoms with Crippen LogP contribution in [0.4, 0.5) is 0 Å². The summed E-state index contributed by atoms with van der Waals surface area (Å²) in [5.41, 5.74) is 1.45. The van der Waals surface area contributed by atoms with Crippen LogP contribution in [0, 0.1) is 0 Å². The Morgan fingerprint density at radius 3 is 1.76 bits per heavy atom. The summed E-state index contributed by atoms with van der Waals surface area (Å²) < 4.78 is 0. The van der Waals surface area contributed by atoms with Gasteiger partial charge >= 0.3 is 0 Å². The van der Waals surface area contributed by atoms with Crippen molar-refractivity contribution in [1.82, 2.24) is 4.90 Å². The van der Waals surface area contributed by atoms with Crippen LogP contribution in [-0.4, -0.2) is 28.2 Å². The number of ketones is 1. The number of carbonyl (C=O) groups excluding carboxylic acids is 2. The molecule has 1 saturated heterocycles. The van der Waals surface area contributed by atoms with E-state index in [-0.39, 0.29) is 11.3 Å². The third-order valence-electron chi connectivity index (χ3n) is 7.53. The maximum atomic E-state index is 13.1. The quantitative estimate of drug-likeness (QED) is 0.0946. The average molecular weight is 538 g/mol. The fraction of sp³-hybridized carbons (Fsp3) is 0.515. The number of halogens is 1. The molecular weight excluding hydrogens is 494 g/mol. The number of unbranched alkanes of at least 4 members (excludes halogenated alkanes) is 13. The van der Waals surface area contributed by atoms with Gasteiger partial charge in [-0.25, -0.2) is 0 Å². The zero-order chi connectivity index (χ0) is 27.2. The van der Waals surface area contributed by atoms with Gasteiger partial charge in [-0.3, -0.25) is 9.59 Å². The van der Waals surface area contributed by atoms with E-state index in [4.69, 9.17) is 11.6 Å². The van der Waals surface area contributed by atoms with Crippen molar-refractivity contribution < 1.29 is 14.7 Å². The third-order valence-corrected chi connectivity index (χ3v) is 7.78. The fourth-order valence-corrected chi connectivity index (χ4v) is 5.46. The molecule has 1 fully saturated rings. The molecule has 1 aliphatic heterocycles. The van der Waals surface area contributed by atoms with Crippen LogP contribution < -0.4 is 0 Å². The lowest BCUT2D eigenvalue weighted by Crippen LogP contribution is -2.30. The number of benzene rings is 2. The predicted octanol–water partition coefficient (Wildman–Crippen LogP) is 9.24. The van der Waals surface area contributed by atoms with Crippen LogP contribution in [0.25, 0.3) is 5.76 Å². The van der Waals surface area contributed by atoms with Gasteiger partial charge in [0.1, 0.15) is 5.76 Å². The van der Waals surface area contributed by atoms with Crippen LogP contribution in [0.1, 0.15) is 114 Å². The lowest BCUT2D eigenvalue weighted by atomic mass is 9.95. The van der Waals surface area contributed by atoms with Gasteiger partial charge in [-0.05, 0) is 24.1 Å². The molecule has 1 aliphatic rings. The highest BCUT2D eigenvalue weighted by molar-refractivity contribution is 6.46. The molecule has 0 aliphatic carbocycles. The minimum absolute atomic E-state index is 0.132. The molecule has 5 heteroatoms. The number of nitrogens with zero attached hydrogens (tertiary/aromatic N) is 1. The molecule has 38 heavy (non-hydrogen) atoms. The lowest BCUT2D eigenvalue weighted by molar-refractivity contribution is -0.139. The van der Waals surface area contributed by atoms with E-state index < -0.39 is 17.7 Å². The van der Waals surface area contributed by atoms with Gasteiger partial charge in [0.2, 0.25) is 0 Å². The van der Waals surface area contributed by atoms with Crippen molar-refractivity contribution in [3.05, 3.63) is 76.3 Å². The molecule has 1 heterocycles. The molecule has 1 unspecified atom stereocenters. The van der Waals surface area contributed by atoms with Gasteiger partial charge in [0.05, 0.1) is 11.6 Å². The van der Waals surface area contributed by atoms with Gasteiger partial charge < -0.3 is 10.0 Å². The summed E-state index contributed by atoms with van der Waals surface area (Å²) in [5.74, 6) is -1.30. The van der Waals surface area contributed by atoms with Crippen molar-refractivity contribution in [2.45, 2.75) is 103 Å². The number of rotatable bonds is 17. The Labute approximate surface area is 234 Å². The van der Waals surface area contributed by atoms with Crippen molar-refractivity contribution >= 4 is 29.1 Å². The summed E-state index contributed by atoms with van der Waals surface area (Å²) in [4.78, 5) is 27.8. The standard InChI is InChI=1S/C33H44ClNO3/c1-2-3-4-5-6-7-8-9-10-11-12-13-14-18-25-35-30(26-21-23-28(34)24-22-26)29(32(37)33(35)38)31(36)27-19-16-15-17-20-27/h15-17,19-24,30,36H,2-14,18,25H2,1H3/b31-29-. The van der Waals surface area contributed by atoms with Gasteiger partial charge in [-0.1, -0.05) is 144 Å².